The molecule has 0 radical (unpaired) electrons. The lowest BCUT2D eigenvalue weighted by Gasteiger charge is -2.34. The normalized spacial score (nSPS) is 22.5. The summed E-state index contributed by atoms with van der Waals surface area (Å²) >= 11 is 0. The van der Waals surface area contributed by atoms with Crippen LogP contribution < -0.4 is 4.90 Å². The van der Waals surface area contributed by atoms with Crippen LogP contribution in [0, 0.1) is 6.92 Å². The van der Waals surface area contributed by atoms with Gasteiger partial charge in [-0.25, -0.2) is 9.67 Å². The van der Waals surface area contributed by atoms with E-state index in [-0.39, 0.29) is 18.0 Å². The topological polar surface area (TPSA) is 85.5 Å². The molecule has 2 aliphatic rings. The highest BCUT2D eigenvalue weighted by Crippen LogP contribution is 2.37. The van der Waals surface area contributed by atoms with Crippen molar-refractivity contribution in [2.24, 2.45) is 0 Å². The number of ether oxygens (including phenoxy) is 2. The van der Waals surface area contributed by atoms with E-state index in [0.717, 1.165) is 54.9 Å². The summed E-state index contributed by atoms with van der Waals surface area (Å²) in [7, 11) is 0. The Morgan fingerprint density at radius 2 is 2.13 bits per heavy atom. The number of aromatic hydroxyl groups is 1. The fourth-order valence-corrected chi connectivity index (χ4v) is 4.42. The van der Waals surface area contributed by atoms with Gasteiger partial charge in [-0.2, -0.15) is 5.10 Å². The minimum Gasteiger partial charge on any atom is -0.507 e. The summed E-state index contributed by atoms with van der Waals surface area (Å²) in [6.07, 6.45) is 6.58. The van der Waals surface area contributed by atoms with Crippen LogP contribution in [-0.2, 0) is 9.47 Å². The van der Waals surface area contributed by atoms with Crippen LogP contribution in [0.3, 0.4) is 0 Å². The Balaban J connectivity index is 1.66. The van der Waals surface area contributed by atoms with Crippen LogP contribution >= 0.6 is 0 Å². The summed E-state index contributed by atoms with van der Waals surface area (Å²) in [4.78, 5) is 11.9. The number of morpholine rings is 1. The molecule has 8 heteroatoms. The zero-order valence-corrected chi connectivity index (χ0v) is 17.4. The van der Waals surface area contributed by atoms with E-state index in [4.69, 9.17) is 19.4 Å². The summed E-state index contributed by atoms with van der Waals surface area (Å²) in [5, 5.41) is 16.2. The molecular formula is C22H27N5O3. The third kappa shape index (κ3) is 3.30. The van der Waals surface area contributed by atoms with Crippen LogP contribution in [0.4, 0.5) is 5.82 Å². The van der Waals surface area contributed by atoms with Gasteiger partial charge in [-0.05, 0) is 44.7 Å². The third-order valence-corrected chi connectivity index (χ3v) is 5.99. The molecule has 0 aromatic carbocycles. The van der Waals surface area contributed by atoms with E-state index in [9.17, 15) is 5.11 Å². The molecule has 0 bridgehead atoms. The smallest absolute Gasteiger partial charge is 0.150 e. The van der Waals surface area contributed by atoms with Gasteiger partial charge >= 0.3 is 0 Å². The number of fused-ring (bicyclic) bond motifs is 1. The molecule has 158 valence electrons. The largest absolute Gasteiger partial charge is 0.507 e. The molecule has 2 aliphatic heterocycles. The van der Waals surface area contributed by atoms with Gasteiger partial charge in [0.05, 0.1) is 24.9 Å². The van der Waals surface area contributed by atoms with Crippen molar-refractivity contribution in [1.82, 2.24) is 19.7 Å². The van der Waals surface area contributed by atoms with Crippen molar-refractivity contribution < 1.29 is 14.6 Å². The van der Waals surface area contributed by atoms with Gasteiger partial charge in [0, 0.05) is 37.0 Å². The molecule has 8 nitrogen and oxygen atoms in total. The van der Waals surface area contributed by atoms with Crippen molar-refractivity contribution >= 4 is 16.7 Å². The lowest BCUT2D eigenvalue weighted by atomic mass is 10.1. The summed E-state index contributed by atoms with van der Waals surface area (Å²) in [6, 6.07) is 3.88. The molecule has 0 amide bonds. The minimum absolute atomic E-state index is 0.0991. The van der Waals surface area contributed by atoms with Gasteiger partial charge in [-0.3, -0.25) is 4.98 Å². The van der Waals surface area contributed by atoms with E-state index in [2.05, 4.69) is 16.9 Å². The average molecular weight is 409 g/mol. The number of pyridine rings is 2. The van der Waals surface area contributed by atoms with E-state index in [1.807, 2.05) is 17.7 Å². The maximum atomic E-state index is 10.9. The number of anilines is 1. The second-order valence-corrected chi connectivity index (χ2v) is 8.11. The van der Waals surface area contributed by atoms with Gasteiger partial charge < -0.3 is 19.5 Å². The fraction of sp³-hybridized carbons (Fsp3) is 0.500. The molecule has 2 atom stereocenters. The van der Waals surface area contributed by atoms with E-state index < -0.39 is 0 Å². The molecule has 1 N–H and O–H groups in total. The first-order chi connectivity index (χ1) is 14.6. The molecule has 0 saturated carbocycles. The molecule has 0 aliphatic carbocycles. The van der Waals surface area contributed by atoms with E-state index in [1.54, 1.807) is 18.5 Å². The summed E-state index contributed by atoms with van der Waals surface area (Å²) < 4.78 is 13.4. The first-order valence-electron chi connectivity index (χ1n) is 10.6. The number of hydrogen-bond acceptors (Lipinski definition) is 7. The van der Waals surface area contributed by atoms with Crippen molar-refractivity contribution in [1.29, 1.82) is 0 Å². The van der Waals surface area contributed by atoms with Gasteiger partial charge in [0.25, 0.3) is 0 Å². The predicted molar refractivity (Wildman–Crippen MR) is 114 cm³/mol. The van der Waals surface area contributed by atoms with Crippen molar-refractivity contribution in [3.05, 3.63) is 30.1 Å². The van der Waals surface area contributed by atoms with Crippen LogP contribution in [0.2, 0.25) is 0 Å². The first kappa shape index (κ1) is 19.3. The van der Waals surface area contributed by atoms with Crippen LogP contribution in [0.15, 0.2) is 24.5 Å². The highest BCUT2D eigenvalue weighted by atomic mass is 16.5. The average Bonchev–Trinajstić information content (AvgIpc) is 3.24. The Hall–Kier alpha value is -2.71. The highest BCUT2D eigenvalue weighted by molar-refractivity contribution is 5.97. The monoisotopic (exact) mass is 409 g/mol. The Bertz CT molecular complexity index is 1060. The number of rotatable bonds is 3. The zero-order chi connectivity index (χ0) is 20.7. The standard InChI is InChI=1S/C22H27N5O3/c1-14-12-23-21(16-6-7-24-27(16)19-5-3-4-9-30-19)22-20(14)17(28)11-18(25-22)26-8-10-29-13-15(26)2/h6-7,11-12,15,19H,3-5,8-10,13H2,1-2H3,(H,25,28). The van der Waals surface area contributed by atoms with E-state index in [0.29, 0.717) is 24.4 Å². The molecule has 30 heavy (non-hydrogen) atoms. The molecule has 5 heterocycles. The van der Waals surface area contributed by atoms with E-state index in [1.165, 1.54) is 0 Å². The molecule has 2 unspecified atom stereocenters. The van der Waals surface area contributed by atoms with Crippen molar-refractivity contribution in [3.8, 4) is 17.1 Å². The van der Waals surface area contributed by atoms with Crippen LogP contribution in [-0.4, -0.2) is 57.3 Å². The van der Waals surface area contributed by atoms with Gasteiger partial charge in [0.15, 0.2) is 6.23 Å². The highest BCUT2D eigenvalue weighted by Gasteiger charge is 2.25. The second kappa shape index (κ2) is 7.85. The molecule has 2 fully saturated rings. The van der Waals surface area contributed by atoms with Crippen LogP contribution in [0.25, 0.3) is 22.3 Å². The first-order valence-corrected chi connectivity index (χ1v) is 10.6. The molecule has 2 saturated heterocycles. The molecular weight excluding hydrogens is 382 g/mol. The van der Waals surface area contributed by atoms with Gasteiger partial charge in [0.1, 0.15) is 22.8 Å². The Labute approximate surface area is 175 Å². The summed E-state index contributed by atoms with van der Waals surface area (Å²) in [5.74, 6) is 0.958. The lowest BCUT2D eigenvalue weighted by molar-refractivity contribution is -0.0383. The van der Waals surface area contributed by atoms with Crippen molar-refractivity contribution in [3.63, 3.8) is 0 Å². The summed E-state index contributed by atoms with van der Waals surface area (Å²) in [6.45, 7) is 6.82. The predicted octanol–water partition coefficient (Wildman–Crippen LogP) is 3.43. The maximum Gasteiger partial charge on any atom is 0.150 e. The Morgan fingerprint density at radius 3 is 2.93 bits per heavy atom. The SMILES string of the molecule is Cc1cnc(-c2ccnn2C2CCCCO2)c2nc(N3CCOCC3C)cc(O)c12. The summed E-state index contributed by atoms with van der Waals surface area (Å²) in [5.41, 5.74) is 3.13. The number of nitrogens with zero attached hydrogens (tertiary/aromatic N) is 5. The van der Waals surface area contributed by atoms with Gasteiger partial charge in [-0.15, -0.1) is 0 Å². The minimum atomic E-state index is -0.0991. The lowest BCUT2D eigenvalue weighted by Crippen LogP contribution is -2.44. The molecule has 3 aromatic heterocycles. The number of hydrogen-bond donors (Lipinski definition) is 1. The maximum absolute atomic E-state index is 10.9. The Kier molecular flexibility index (Phi) is 5.04. The second-order valence-electron chi connectivity index (χ2n) is 8.11. The van der Waals surface area contributed by atoms with E-state index >= 15 is 0 Å². The molecule has 0 spiro atoms. The van der Waals surface area contributed by atoms with Crippen molar-refractivity contribution in [2.75, 3.05) is 31.3 Å². The van der Waals surface area contributed by atoms with Gasteiger partial charge in [-0.1, -0.05) is 0 Å². The van der Waals surface area contributed by atoms with Crippen molar-refractivity contribution in [2.45, 2.75) is 45.4 Å². The fourth-order valence-electron chi connectivity index (χ4n) is 4.42. The quantitative estimate of drug-likeness (QED) is 0.709. The van der Waals surface area contributed by atoms with Crippen LogP contribution in [0.1, 0.15) is 38.0 Å². The number of aromatic nitrogens is 4. The third-order valence-electron chi connectivity index (χ3n) is 5.99. The van der Waals surface area contributed by atoms with Gasteiger partial charge in [0.2, 0.25) is 0 Å². The van der Waals surface area contributed by atoms with Crippen LogP contribution in [0.5, 0.6) is 5.75 Å². The Morgan fingerprint density at radius 1 is 1.23 bits per heavy atom. The zero-order valence-electron chi connectivity index (χ0n) is 17.4. The molecule has 5 rings (SSSR count). The molecule has 3 aromatic rings. The number of aryl methyl sites for hydroxylation is 1.